The fourth-order valence-electron chi connectivity index (χ4n) is 7.41. The number of methoxy groups -OCH3 is 3. The van der Waals surface area contributed by atoms with Gasteiger partial charge in [0.2, 0.25) is 0 Å². The van der Waals surface area contributed by atoms with Crippen LogP contribution in [0.4, 0.5) is 0 Å². The Kier molecular flexibility index (Phi) is 16.3. The molecule has 0 aliphatic carbocycles. The second-order valence-corrected chi connectivity index (χ2v) is 20.2. The summed E-state index contributed by atoms with van der Waals surface area (Å²) in [5, 5.41) is 2.03. The van der Waals surface area contributed by atoms with Crippen LogP contribution in [0, 0.1) is 0 Å². The topological polar surface area (TPSA) is 100 Å². The van der Waals surface area contributed by atoms with Crippen LogP contribution in [0.25, 0.3) is 6.08 Å². The highest BCUT2D eigenvalue weighted by atomic mass is 28.4. The van der Waals surface area contributed by atoms with E-state index < -0.39 is 50.6 Å². The molecule has 0 bridgehead atoms. The molecule has 1 heterocycles. The molecule has 0 aromatic heterocycles. The van der Waals surface area contributed by atoms with Crippen LogP contribution >= 0.6 is 0 Å². The van der Waals surface area contributed by atoms with Gasteiger partial charge < -0.3 is 42.3 Å². The van der Waals surface area contributed by atoms with E-state index in [1.807, 2.05) is 75.4 Å². The maximum atomic E-state index is 13.7. The van der Waals surface area contributed by atoms with Crippen molar-refractivity contribution in [3.8, 4) is 11.5 Å². The number of carbonyl (C=O) groups is 1. The number of carbonyl (C=O) groups excluding carboxylic acids is 1. The molecule has 1 fully saturated rings. The highest BCUT2D eigenvalue weighted by Gasteiger charge is 2.52. The van der Waals surface area contributed by atoms with Gasteiger partial charge in [0.15, 0.2) is 12.6 Å². The molecule has 5 atom stereocenters. The normalized spacial score (nSPS) is 18.5. The van der Waals surface area contributed by atoms with E-state index in [0.29, 0.717) is 23.5 Å². The third kappa shape index (κ3) is 12.0. The molecule has 11 heteroatoms. The molecule has 4 aromatic rings. The van der Waals surface area contributed by atoms with E-state index in [-0.39, 0.29) is 18.6 Å². The Morgan fingerprint density at radius 2 is 1.39 bits per heavy atom. The summed E-state index contributed by atoms with van der Waals surface area (Å²) in [6, 6.07) is 35.4. The van der Waals surface area contributed by atoms with Gasteiger partial charge in [-0.2, -0.15) is 0 Å². The molecule has 0 N–H and O–H groups in total. The Balaban J connectivity index is 1.49. The van der Waals surface area contributed by atoms with E-state index in [4.69, 9.17) is 42.3 Å². The molecule has 0 radical (unpaired) electrons. The van der Waals surface area contributed by atoms with Crippen LogP contribution in [-0.2, 0) is 32.8 Å². The minimum atomic E-state index is -2.97. The highest BCUT2D eigenvalue weighted by molar-refractivity contribution is 6.99. The molecule has 1 aliphatic rings. The van der Waals surface area contributed by atoms with Crippen LogP contribution in [0.3, 0.4) is 0 Å². The average molecular weight is 825 g/mol. The number of hydrogen-bond donors (Lipinski definition) is 0. The van der Waals surface area contributed by atoms with Crippen LogP contribution in [0.1, 0.15) is 63.9 Å². The van der Waals surface area contributed by atoms with Crippen LogP contribution in [0.5, 0.6) is 11.5 Å². The highest BCUT2D eigenvalue weighted by Crippen LogP contribution is 2.39. The maximum absolute atomic E-state index is 13.7. The summed E-state index contributed by atoms with van der Waals surface area (Å²) in [5.74, 6) is -0.193. The molecule has 5 rings (SSSR count). The summed E-state index contributed by atoms with van der Waals surface area (Å²) >= 11 is 0. The molecular weight excluding hydrogens is 765 g/mol. The Labute approximate surface area is 351 Å². The quantitative estimate of drug-likeness (QED) is 0.0375. The molecular formula is C48H60O10Si. The standard InChI is InChI=1S/C48H60O10Si/c1-35(58-59(47(2,3)4,40-23-15-11-16-24-40)41-25-17-12-18-26-41)42(54-34-51-8)28-29-43(55-46(49)37-21-13-10-14-22-37)45-44(56-48(5,6)57-45)27-19-20-36-30-38(52-9)32-39(31-36)53-33-50-7/h10-26,28-32,35,42-45H,27,33-34H2,1-9H3/b20-19+,29-28-/t35-,42+,43?,44-,45+/m0/s1. The summed E-state index contributed by atoms with van der Waals surface area (Å²) in [7, 11) is 1.79. The molecule has 0 spiro atoms. The summed E-state index contributed by atoms with van der Waals surface area (Å²) in [5.41, 5.74) is 1.28. The zero-order chi connectivity index (χ0) is 42.5. The van der Waals surface area contributed by atoms with Crippen molar-refractivity contribution in [1.29, 1.82) is 0 Å². The Hall–Kier alpha value is -4.59. The lowest BCUT2D eigenvalue weighted by Gasteiger charge is -2.45. The molecule has 10 nitrogen and oxygen atoms in total. The van der Waals surface area contributed by atoms with Crippen molar-refractivity contribution in [1.82, 2.24) is 0 Å². The van der Waals surface area contributed by atoms with Crippen molar-refractivity contribution in [2.45, 2.75) is 89.3 Å². The fraction of sp³-hybridized carbons (Fsp3) is 0.396. The average Bonchev–Trinajstić information content (AvgIpc) is 3.55. The molecule has 1 aliphatic heterocycles. The van der Waals surface area contributed by atoms with Gasteiger partial charge >= 0.3 is 5.97 Å². The monoisotopic (exact) mass is 824 g/mol. The summed E-state index contributed by atoms with van der Waals surface area (Å²) in [4.78, 5) is 13.7. The van der Waals surface area contributed by atoms with E-state index in [1.165, 1.54) is 0 Å². The lowest BCUT2D eigenvalue weighted by Crippen LogP contribution is -2.68. The van der Waals surface area contributed by atoms with Gasteiger partial charge in [-0.15, -0.1) is 0 Å². The maximum Gasteiger partial charge on any atom is 0.338 e. The molecule has 59 heavy (non-hydrogen) atoms. The SMILES string of the molecule is COCOc1cc(/C=C/C[C@@H]2OC(C)(C)O[C@@H]2C(/C=C\[C@@H](OCOC)[C@H](C)O[Si](c2ccccc2)(c2ccccc2)C(C)(C)C)OC(=O)c2ccccc2)cc(OC)c1. The predicted octanol–water partition coefficient (Wildman–Crippen LogP) is 8.34. The first-order valence-electron chi connectivity index (χ1n) is 20.0. The fourth-order valence-corrected chi connectivity index (χ4v) is 12.1. The van der Waals surface area contributed by atoms with Crippen LogP contribution in [0.15, 0.2) is 127 Å². The van der Waals surface area contributed by atoms with Crippen molar-refractivity contribution in [3.63, 3.8) is 0 Å². The van der Waals surface area contributed by atoms with Crippen molar-refractivity contribution in [2.75, 3.05) is 34.9 Å². The van der Waals surface area contributed by atoms with Gasteiger partial charge in [-0.25, -0.2) is 4.79 Å². The van der Waals surface area contributed by atoms with Gasteiger partial charge in [0.25, 0.3) is 8.32 Å². The van der Waals surface area contributed by atoms with Gasteiger partial charge in [-0.1, -0.05) is 118 Å². The van der Waals surface area contributed by atoms with Crippen LogP contribution in [-0.4, -0.2) is 85.5 Å². The van der Waals surface area contributed by atoms with E-state index in [1.54, 1.807) is 51.7 Å². The number of benzene rings is 4. The zero-order valence-corrected chi connectivity index (χ0v) is 36.8. The summed E-state index contributed by atoms with van der Waals surface area (Å²) in [6.07, 6.45) is 5.03. The van der Waals surface area contributed by atoms with Crippen molar-refractivity contribution in [3.05, 3.63) is 139 Å². The van der Waals surface area contributed by atoms with Gasteiger partial charge in [0, 0.05) is 20.3 Å². The predicted molar refractivity (Wildman–Crippen MR) is 233 cm³/mol. The van der Waals surface area contributed by atoms with Crippen LogP contribution < -0.4 is 19.8 Å². The van der Waals surface area contributed by atoms with Gasteiger partial charge in [0.1, 0.15) is 36.6 Å². The van der Waals surface area contributed by atoms with Gasteiger partial charge in [-0.3, -0.25) is 0 Å². The lowest BCUT2D eigenvalue weighted by atomic mass is 10.0. The number of hydrogen-bond acceptors (Lipinski definition) is 10. The second kappa shape index (κ2) is 21.1. The minimum Gasteiger partial charge on any atom is -0.497 e. The number of ether oxygens (including phenoxy) is 8. The minimum absolute atomic E-state index is 0.0178. The van der Waals surface area contributed by atoms with Crippen molar-refractivity contribution < 1.29 is 47.1 Å². The first-order chi connectivity index (χ1) is 28.3. The molecule has 0 amide bonds. The summed E-state index contributed by atoms with van der Waals surface area (Å²) < 4.78 is 54.8. The number of esters is 1. The molecule has 4 aromatic carbocycles. The molecule has 316 valence electrons. The smallest absolute Gasteiger partial charge is 0.338 e. The molecule has 1 unspecified atom stereocenters. The zero-order valence-electron chi connectivity index (χ0n) is 35.8. The lowest BCUT2D eigenvalue weighted by molar-refractivity contribution is -0.152. The van der Waals surface area contributed by atoms with Gasteiger partial charge in [-0.05, 0) is 78.5 Å². The van der Waals surface area contributed by atoms with Crippen molar-refractivity contribution in [2.24, 2.45) is 0 Å². The third-order valence-corrected chi connectivity index (χ3v) is 15.2. The van der Waals surface area contributed by atoms with Crippen molar-refractivity contribution >= 4 is 30.7 Å². The van der Waals surface area contributed by atoms with Crippen LogP contribution in [0.2, 0.25) is 5.04 Å². The molecule has 0 saturated carbocycles. The van der Waals surface area contributed by atoms with E-state index in [2.05, 4.69) is 69.3 Å². The second-order valence-electron chi connectivity index (χ2n) is 15.9. The third-order valence-electron chi connectivity index (χ3n) is 10.1. The Morgan fingerprint density at radius 1 is 0.797 bits per heavy atom. The van der Waals surface area contributed by atoms with E-state index in [9.17, 15) is 4.79 Å². The largest absolute Gasteiger partial charge is 0.497 e. The summed E-state index contributed by atoms with van der Waals surface area (Å²) in [6.45, 7) is 12.6. The first-order valence-corrected chi connectivity index (χ1v) is 21.9. The molecule has 1 saturated heterocycles. The first kappa shape index (κ1) is 45.5. The number of rotatable bonds is 20. The Morgan fingerprint density at radius 3 is 1.97 bits per heavy atom. The van der Waals surface area contributed by atoms with E-state index >= 15 is 0 Å². The van der Waals surface area contributed by atoms with E-state index in [0.717, 1.165) is 15.9 Å². The van der Waals surface area contributed by atoms with Gasteiger partial charge in [0.05, 0.1) is 24.9 Å². The Bertz CT molecular complexity index is 1910.